The Bertz CT molecular complexity index is 641. The van der Waals surface area contributed by atoms with E-state index >= 15 is 0 Å². The van der Waals surface area contributed by atoms with Crippen LogP contribution in [0.1, 0.15) is 37.2 Å². The highest BCUT2D eigenvalue weighted by Crippen LogP contribution is 2.18. The smallest absolute Gasteiger partial charge is 0.318 e. The molecule has 0 aromatic carbocycles. The molecule has 1 aromatic heterocycles. The molecule has 1 aromatic rings. The highest BCUT2D eigenvalue weighted by atomic mass is 32.2. The van der Waals surface area contributed by atoms with E-state index in [2.05, 4.69) is 9.97 Å². The predicted molar refractivity (Wildman–Crippen MR) is 94.1 cm³/mol. The molecule has 3 amide bonds. The van der Waals surface area contributed by atoms with Gasteiger partial charge in [0, 0.05) is 17.8 Å². The number of primary amides is 1. The monoisotopic (exact) mass is 368 g/mol. The summed E-state index contributed by atoms with van der Waals surface area (Å²) < 4.78 is 5.22. The number of rotatable bonds is 7. The fourth-order valence-electron chi connectivity index (χ4n) is 2.27. The van der Waals surface area contributed by atoms with Crippen LogP contribution in [-0.4, -0.2) is 40.2 Å². The Hall–Kier alpha value is -2.16. The second-order valence-corrected chi connectivity index (χ2v) is 6.64. The Kier molecular flexibility index (Phi) is 7.82. The molecular weight excluding hydrogens is 344 g/mol. The topological polar surface area (TPSA) is 124 Å². The molecule has 0 aliphatic carbocycles. The number of ether oxygens (including phenoxy) is 1. The van der Waals surface area contributed by atoms with Gasteiger partial charge in [-0.1, -0.05) is 25.6 Å². The largest absolute Gasteiger partial charge is 0.452 e. The Morgan fingerprint density at radius 1 is 1.20 bits per heavy atom. The minimum absolute atomic E-state index is 0.0801. The number of nitrogens with one attached hydrogen (secondary N) is 1. The van der Waals surface area contributed by atoms with Gasteiger partial charge in [0.15, 0.2) is 11.3 Å². The molecule has 0 spiro atoms. The Morgan fingerprint density at radius 3 is 2.20 bits per heavy atom. The summed E-state index contributed by atoms with van der Waals surface area (Å²) in [7, 11) is 0. The number of carbonyl (C=O) groups excluding carboxylic acids is 3. The molecule has 0 fully saturated rings. The van der Waals surface area contributed by atoms with E-state index in [4.69, 9.17) is 10.5 Å². The SMILES string of the molecule is CSc1nc(C)c(CCC(=O)OC(C(=O)NC(N)=O)C(C)C)c(C)n1. The molecule has 0 aliphatic heterocycles. The first kappa shape index (κ1) is 20.9. The van der Waals surface area contributed by atoms with E-state index in [9.17, 15) is 14.4 Å². The lowest BCUT2D eigenvalue weighted by Gasteiger charge is -2.20. The van der Waals surface area contributed by atoms with E-state index in [0.717, 1.165) is 17.0 Å². The molecule has 9 heteroatoms. The van der Waals surface area contributed by atoms with E-state index < -0.39 is 24.0 Å². The minimum Gasteiger partial charge on any atom is -0.452 e. The number of esters is 1. The lowest BCUT2D eigenvalue weighted by Crippen LogP contribution is -2.45. The highest BCUT2D eigenvalue weighted by Gasteiger charge is 2.27. The van der Waals surface area contributed by atoms with Gasteiger partial charge in [-0.2, -0.15) is 0 Å². The van der Waals surface area contributed by atoms with Crippen LogP contribution in [0.5, 0.6) is 0 Å². The number of aryl methyl sites for hydroxylation is 2. The number of aromatic nitrogens is 2. The van der Waals surface area contributed by atoms with Crippen molar-refractivity contribution >= 4 is 29.7 Å². The van der Waals surface area contributed by atoms with Crippen LogP contribution in [0.15, 0.2) is 5.16 Å². The molecule has 1 unspecified atom stereocenters. The second kappa shape index (κ2) is 9.36. The summed E-state index contributed by atoms with van der Waals surface area (Å²) in [5.41, 5.74) is 7.45. The number of nitrogens with zero attached hydrogens (tertiary/aromatic N) is 2. The van der Waals surface area contributed by atoms with Crippen LogP contribution in [-0.2, 0) is 20.7 Å². The van der Waals surface area contributed by atoms with Crippen molar-refractivity contribution in [1.29, 1.82) is 0 Å². The summed E-state index contributed by atoms with van der Waals surface area (Å²) in [5, 5.41) is 2.62. The molecule has 0 saturated carbocycles. The summed E-state index contributed by atoms with van der Waals surface area (Å²) in [6.07, 6.45) is 1.32. The average molecular weight is 368 g/mol. The van der Waals surface area contributed by atoms with Gasteiger partial charge in [-0.05, 0) is 38.0 Å². The number of nitrogens with two attached hydrogens (primary N) is 1. The van der Waals surface area contributed by atoms with Crippen LogP contribution in [0, 0.1) is 19.8 Å². The van der Waals surface area contributed by atoms with E-state index in [-0.39, 0.29) is 12.3 Å². The van der Waals surface area contributed by atoms with Crippen molar-refractivity contribution in [3.8, 4) is 0 Å². The molecule has 138 valence electrons. The fourth-order valence-corrected chi connectivity index (χ4v) is 2.73. The number of carbonyl (C=O) groups is 3. The lowest BCUT2D eigenvalue weighted by molar-refractivity contribution is -0.158. The van der Waals surface area contributed by atoms with Crippen LogP contribution in [0.4, 0.5) is 4.79 Å². The number of imide groups is 1. The van der Waals surface area contributed by atoms with Gasteiger partial charge in [0.2, 0.25) is 0 Å². The first-order valence-electron chi connectivity index (χ1n) is 7.83. The quantitative estimate of drug-likeness (QED) is 0.424. The van der Waals surface area contributed by atoms with Crippen molar-refractivity contribution in [2.75, 3.05) is 6.26 Å². The van der Waals surface area contributed by atoms with E-state index in [1.165, 1.54) is 11.8 Å². The number of hydrogen-bond donors (Lipinski definition) is 2. The van der Waals surface area contributed by atoms with Crippen molar-refractivity contribution in [1.82, 2.24) is 15.3 Å². The number of urea groups is 1. The third kappa shape index (κ3) is 6.33. The zero-order chi connectivity index (χ0) is 19.1. The maximum atomic E-state index is 12.1. The average Bonchev–Trinajstić information content (AvgIpc) is 2.50. The number of amides is 3. The zero-order valence-corrected chi connectivity index (χ0v) is 15.9. The van der Waals surface area contributed by atoms with Crippen LogP contribution in [0.2, 0.25) is 0 Å². The van der Waals surface area contributed by atoms with Crippen molar-refractivity contribution in [2.24, 2.45) is 11.7 Å². The summed E-state index contributed by atoms with van der Waals surface area (Å²) in [6, 6.07) is -0.982. The molecule has 0 aliphatic rings. The van der Waals surface area contributed by atoms with Gasteiger partial charge in [0.1, 0.15) is 0 Å². The van der Waals surface area contributed by atoms with Crippen LogP contribution < -0.4 is 11.1 Å². The molecule has 0 bridgehead atoms. The van der Waals surface area contributed by atoms with Crippen molar-refractivity contribution in [2.45, 2.75) is 51.8 Å². The first-order valence-corrected chi connectivity index (χ1v) is 9.06. The molecule has 1 heterocycles. The summed E-state index contributed by atoms with van der Waals surface area (Å²) in [6.45, 7) is 7.15. The third-order valence-corrected chi connectivity index (χ3v) is 4.08. The van der Waals surface area contributed by atoms with Gasteiger partial charge in [-0.3, -0.25) is 14.9 Å². The van der Waals surface area contributed by atoms with Crippen molar-refractivity contribution in [3.63, 3.8) is 0 Å². The molecule has 8 nitrogen and oxygen atoms in total. The Morgan fingerprint density at radius 2 is 1.76 bits per heavy atom. The number of thioether (sulfide) groups is 1. The molecule has 3 N–H and O–H groups in total. The van der Waals surface area contributed by atoms with Gasteiger partial charge in [-0.25, -0.2) is 14.8 Å². The molecule has 0 radical (unpaired) electrons. The standard InChI is InChI=1S/C16H24N4O4S/c1-8(2)13(14(22)20-15(17)23)24-12(21)7-6-11-9(3)18-16(25-5)19-10(11)4/h8,13H,6-7H2,1-5H3,(H3,17,20,22,23). The van der Waals surface area contributed by atoms with Gasteiger partial charge in [0.05, 0.1) is 0 Å². The summed E-state index contributed by atoms with van der Waals surface area (Å²) in [4.78, 5) is 43.5. The van der Waals surface area contributed by atoms with E-state index in [0.29, 0.717) is 11.6 Å². The first-order chi connectivity index (χ1) is 11.6. The molecule has 0 saturated heterocycles. The van der Waals surface area contributed by atoms with Crippen molar-refractivity contribution in [3.05, 3.63) is 17.0 Å². The summed E-state index contributed by atoms with van der Waals surface area (Å²) >= 11 is 1.45. The Balaban J connectivity index is 2.73. The van der Waals surface area contributed by atoms with Gasteiger partial charge in [0.25, 0.3) is 5.91 Å². The predicted octanol–water partition coefficient (Wildman–Crippen LogP) is 1.51. The van der Waals surface area contributed by atoms with Crippen LogP contribution >= 0.6 is 11.8 Å². The van der Waals surface area contributed by atoms with E-state index in [1.54, 1.807) is 13.8 Å². The summed E-state index contributed by atoms with van der Waals surface area (Å²) in [5.74, 6) is -1.56. The fraction of sp³-hybridized carbons (Fsp3) is 0.562. The zero-order valence-electron chi connectivity index (χ0n) is 15.1. The van der Waals surface area contributed by atoms with Gasteiger partial charge in [-0.15, -0.1) is 0 Å². The lowest BCUT2D eigenvalue weighted by atomic mass is 10.1. The van der Waals surface area contributed by atoms with Crippen LogP contribution in [0.25, 0.3) is 0 Å². The molecular formula is C16H24N4O4S. The minimum atomic E-state index is -1.07. The molecule has 25 heavy (non-hydrogen) atoms. The highest BCUT2D eigenvalue weighted by molar-refractivity contribution is 7.98. The third-order valence-electron chi connectivity index (χ3n) is 3.53. The van der Waals surface area contributed by atoms with Gasteiger partial charge < -0.3 is 10.5 Å². The molecule has 1 atom stereocenters. The molecule has 1 rings (SSSR count). The second-order valence-electron chi connectivity index (χ2n) is 5.87. The van der Waals surface area contributed by atoms with E-state index in [1.807, 2.05) is 25.4 Å². The Labute approximate surface area is 151 Å². The van der Waals surface area contributed by atoms with Crippen LogP contribution in [0.3, 0.4) is 0 Å². The maximum absolute atomic E-state index is 12.1. The normalized spacial score (nSPS) is 11.9. The van der Waals surface area contributed by atoms with Gasteiger partial charge >= 0.3 is 12.0 Å². The van der Waals surface area contributed by atoms with Crippen molar-refractivity contribution < 1.29 is 19.1 Å². The number of hydrogen-bond acceptors (Lipinski definition) is 7. The maximum Gasteiger partial charge on any atom is 0.318 e.